The zero-order chi connectivity index (χ0) is 15.2. The number of likely N-dealkylation sites (N-methyl/N-ethyl adjacent to an activating group) is 1. The van der Waals surface area contributed by atoms with Crippen molar-refractivity contribution >= 4 is 17.2 Å². The van der Waals surface area contributed by atoms with Crippen molar-refractivity contribution in [2.75, 3.05) is 14.1 Å². The molecule has 110 valence electrons. The zero-order valence-electron chi connectivity index (χ0n) is 12.3. The van der Waals surface area contributed by atoms with E-state index in [1.54, 1.807) is 0 Å². The summed E-state index contributed by atoms with van der Waals surface area (Å²) in [6.07, 6.45) is 0. The van der Waals surface area contributed by atoms with Crippen LogP contribution in [0.3, 0.4) is 0 Å². The van der Waals surface area contributed by atoms with E-state index in [1.165, 1.54) is 0 Å². The van der Waals surface area contributed by atoms with Crippen molar-refractivity contribution < 1.29 is 4.74 Å². The van der Waals surface area contributed by atoms with Crippen LogP contribution in [0.15, 0.2) is 54.6 Å². The van der Waals surface area contributed by atoms with Gasteiger partial charge in [0.05, 0.1) is 11.0 Å². The number of nitrogens with two attached hydrogens (primary N) is 1. The molecular weight excluding hydrogens is 280 g/mol. The van der Waals surface area contributed by atoms with E-state index in [1.807, 2.05) is 73.6 Å². The fourth-order valence-electron chi connectivity index (χ4n) is 2.23. The molecule has 0 aliphatic carbocycles. The maximum absolute atomic E-state index is 5.84. The summed E-state index contributed by atoms with van der Waals surface area (Å²) in [5.74, 6) is 0.819. The first-order valence-electron chi connectivity index (χ1n) is 6.80. The molecule has 21 heavy (non-hydrogen) atoms. The molecule has 0 bridgehead atoms. The van der Waals surface area contributed by atoms with Crippen LogP contribution in [0.5, 0.6) is 5.75 Å². The third kappa shape index (κ3) is 4.28. The largest absolute Gasteiger partial charge is 0.489 e. The Kier molecular flexibility index (Phi) is 5.31. The van der Waals surface area contributed by atoms with E-state index in [2.05, 4.69) is 0 Å². The normalized spacial score (nSPS) is 12.1. The maximum Gasteiger partial charge on any atom is 0.120 e. The monoisotopic (exact) mass is 300 g/mol. The van der Waals surface area contributed by atoms with E-state index in [-0.39, 0.29) is 6.04 Å². The van der Waals surface area contributed by atoms with Crippen molar-refractivity contribution in [1.29, 1.82) is 0 Å². The van der Waals surface area contributed by atoms with Gasteiger partial charge in [0.25, 0.3) is 0 Å². The summed E-state index contributed by atoms with van der Waals surface area (Å²) in [6, 6.07) is 17.9. The van der Waals surface area contributed by atoms with Crippen LogP contribution in [0.1, 0.15) is 17.2 Å². The van der Waals surface area contributed by atoms with E-state index in [0.717, 1.165) is 16.9 Å². The highest BCUT2D eigenvalue weighted by molar-refractivity contribution is 7.80. The Balaban J connectivity index is 2.12. The summed E-state index contributed by atoms with van der Waals surface area (Å²) >= 11 is 5.15. The minimum Gasteiger partial charge on any atom is -0.489 e. The van der Waals surface area contributed by atoms with Crippen LogP contribution in [-0.2, 0) is 6.61 Å². The van der Waals surface area contributed by atoms with Crippen LogP contribution >= 0.6 is 12.2 Å². The second-order valence-electron chi connectivity index (χ2n) is 5.12. The number of benzene rings is 2. The average molecular weight is 300 g/mol. The minimum absolute atomic E-state index is 0.0831. The zero-order valence-corrected chi connectivity index (χ0v) is 13.1. The predicted molar refractivity (Wildman–Crippen MR) is 90.4 cm³/mol. The summed E-state index contributed by atoms with van der Waals surface area (Å²) in [4.78, 5) is 2.46. The molecule has 1 atom stereocenters. The third-order valence-electron chi connectivity index (χ3n) is 3.21. The van der Waals surface area contributed by atoms with E-state index >= 15 is 0 Å². The number of thiocarbonyl (C=S) groups is 1. The Morgan fingerprint density at radius 3 is 2.48 bits per heavy atom. The van der Waals surface area contributed by atoms with E-state index in [0.29, 0.717) is 11.6 Å². The van der Waals surface area contributed by atoms with Gasteiger partial charge in [0.15, 0.2) is 0 Å². The summed E-state index contributed by atoms with van der Waals surface area (Å²) in [5.41, 5.74) is 8.01. The Labute approximate surface area is 131 Å². The Hall–Kier alpha value is -1.91. The topological polar surface area (TPSA) is 38.5 Å². The highest BCUT2D eigenvalue weighted by atomic mass is 32.1. The number of hydrogen-bond donors (Lipinski definition) is 1. The molecule has 4 heteroatoms. The molecule has 2 aromatic carbocycles. The summed E-state index contributed by atoms with van der Waals surface area (Å²) < 4.78 is 5.84. The molecule has 0 spiro atoms. The van der Waals surface area contributed by atoms with Crippen LogP contribution < -0.4 is 10.5 Å². The fraction of sp³-hybridized carbons (Fsp3) is 0.235. The molecule has 0 fully saturated rings. The van der Waals surface area contributed by atoms with Gasteiger partial charge in [-0.3, -0.25) is 4.90 Å². The van der Waals surface area contributed by atoms with Crippen molar-refractivity contribution in [3.8, 4) is 5.75 Å². The first-order chi connectivity index (χ1) is 10.1. The standard InChI is InChI=1S/C17H20N2OS/c1-19(2)16(17(18)21)14-9-6-10-15(11-14)20-12-13-7-4-3-5-8-13/h3-11,16H,12H2,1-2H3,(H2,18,21). The van der Waals surface area contributed by atoms with Crippen molar-refractivity contribution in [3.63, 3.8) is 0 Å². The minimum atomic E-state index is -0.0831. The lowest BCUT2D eigenvalue weighted by atomic mass is 10.1. The van der Waals surface area contributed by atoms with Crippen molar-refractivity contribution in [2.24, 2.45) is 5.73 Å². The van der Waals surface area contributed by atoms with Gasteiger partial charge >= 0.3 is 0 Å². The van der Waals surface area contributed by atoms with E-state index in [4.69, 9.17) is 22.7 Å². The second kappa shape index (κ2) is 7.20. The van der Waals surface area contributed by atoms with Crippen LogP contribution in [0.2, 0.25) is 0 Å². The second-order valence-corrected chi connectivity index (χ2v) is 5.59. The van der Waals surface area contributed by atoms with Crippen molar-refractivity contribution in [2.45, 2.75) is 12.6 Å². The molecule has 3 nitrogen and oxygen atoms in total. The van der Waals surface area contributed by atoms with Gasteiger partial charge < -0.3 is 10.5 Å². The van der Waals surface area contributed by atoms with Gasteiger partial charge in [0.1, 0.15) is 12.4 Å². The Bertz CT molecular complexity index is 599. The van der Waals surface area contributed by atoms with E-state index < -0.39 is 0 Å². The maximum atomic E-state index is 5.84. The van der Waals surface area contributed by atoms with Crippen LogP contribution in [-0.4, -0.2) is 24.0 Å². The van der Waals surface area contributed by atoms with Gasteiger partial charge in [-0.1, -0.05) is 54.7 Å². The Morgan fingerprint density at radius 2 is 1.86 bits per heavy atom. The van der Waals surface area contributed by atoms with Gasteiger partial charge in [-0.25, -0.2) is 0 Å². The first kappa shape index (κ1) is 15.5. The molecule has 0 amide bonds. The first-order valence-corrected chi connectivity index (χ1v) is 7.21. The lowest BCUT2D eigenvalue weighted by Gasteiger charge is -2.23. The van der Waals surface area contributed by atoms with E-state index in [9.17, 15) is 0 Å². The number of rotatable bonds is 6. The van der Waals surface area contributed by atoms with Crippen LogP contribution in [0, 0.1) is 0 Å². The molecule has 0 aliphatic heterocycles. The number of nitrogens with zero attached hydrogens (tertiary/aromatic N) is 1. The lowest BCUT2D eigenvalue weighted by molar-refractivity contribution is 0.304. The predicted octanol–water partition coefficient (Wildman–Crippen LogP) is 3.15. The SMILES string of the molecule is CN(C)C(C(N)=S)c1cccc(OCc2ccccc2)c1. The van der Waals surface area contributed by atoms with Crippen LogP contribution in [0.4, 0.5) is 0 Å². The molecule has 2 N–H and O–H groups in total. The molecule has 0 radical (unpaired) electrons. The molecule has 0 heterocycles. The molecule has 2 aromatic rings. The highest BCUT2D eigenvalue weighted by Gasteiger charge is 2.17. The third-order valence-corrected chi connectivity index (χ3v) is 3.43. The smallest absolute Gasteiger partial charge is 0.120 e. The average Bonchev–Trinajstić information content (AvgIpc) is 2.46. The molecule has 0 saturated heterocycles. The van der Waals surface area contributed by atoms with Gasteiger partial charge in [-0.15, -0.1) is 0 Å². The number of ether oxygens (including phenoxy) is 1. The van der Waals surface area contributed by atoms with Gasteiger partial charge in [-0.05, 0) is 37.4 Å². The molecular formula is C17H20N2OS. The molecule has 2 rings (SSSR count). The van der Waals surface area contributed by atoms with Gasteiger partial charge in [0, 0.05) is 0 Å². The van der Waals surface area contributed by atoms with Crippen molar-refractivity contribution in [1.82, 2.24) is 4.90 Å². The van der Waals surface area contributed by atoms with Crippen LogP contribution in [0.25, 0.3) is 0 Å². The Morgan fingerprint density at radius 1 is 1.14 bits per heavy atom. The van der Waals surface area contributed by atoms with Gasteiger partial charge in [-0.2, -0.15) is 0 Å². The summed E-state index contributed by atoms with van der Waals surface area (Å²) in [5, 5.41) is 0. The number of hydrogen-bond acceptors (Lipinski definition) is 3. The molecule has 1 unspecified atom stereocenters. The summed E-state index contributed by atoms with van der Waals surface area (Å²) in [6.45, 7) is 0.546. The van der Waals surface area contributed by atoms with Gasteiger partial charge in [0.2, 0.25) is 0 Å². The lowest BCUT2D eigenvalue weighted by Crippen LogP contribution is -2.31. The molecule has 0 aromatic heterocycles. The molecule has 0 aliphatic rings. The fourth-order valence-corrected chi connectivity index (χ4v) is 2.58. The highest BCUT2D eigenvalue weighted by Crippen LogP contribution is 2.23. The molecule has 0 saturated carbocycles. The van der Waals surface area contributed by atoms with Crippen molar-refractivity contribution in [3.05, 3.63) is 65.7 Å². The summed E-state index contributed by atoms with van der Waals surface area (Å²) in [7, 11) is 3.92. The quantitative estimate of drug-likeness (QED) is 0.832.